The van der Waals surface area contributed by atoms with Gasteiger partial charge in [-0.05, 0) is 25.5 Å². The summed E-state index contributed by atoms with van der Waals surface area (Å²) in [6.45, 7) is 4.45. The number of esters is 1. The molecule has 0 saturated heterocycles. The molecule has 0 saturated carbocycles. The van der Waals surface area contributed by atoms with Gasteiger partial charge in [0.25, 0.3) is 0 Å². The maximum absolute atomic E-state index is 14.3. The molecule has 10 heteroatoms. The lowest BCUT2D eigenvalue weighted by atomic mass is 10.1. The molecule has 0 amide bonds. The van der Waals surface area contributed by atoms with Gasteiger partial charge in [0, 0.05) is 24.2 Å². The molecule has 1 aliphatic heterocycles. The minimum atomic E-state index is -0.542. The number of halogens is 1. The average molecular weight is 411 g/mol. The van der Waals surface area contributed by atoms with E-state index in [1.54, 1.807) is 29.8 Å². The van der Waals surface area contributed by atoms with E-state index >= 15 is 0 Å². The quantitative estimate of drug-likeness (QED) is 0.592. The van der Waals surface area contributed by atoms with Crippen molar-refractivity contribution in [3.63, 3.8) is 0 Å². The van der Waals surface area contributed by atoms with E-state index in [0.29, 0.717) is 24.3 Å². The zero-order valence-electron chi connectivity index (χ0n) is 16.7. The highest BCUT2D eigenvalue weighted by Crippen LogP contribution is 2.26. The fraction of sp³-hybridized carbons (Fsp3) is 0.350. The van der Waals surface area contributed by atoms with Gasteiger partial charge >= 0.3 is 5.97 Å². The highest BCUT2D eigenvalue weighted by molar-refractivity contribution is 5.86. The van der Waals surface area contributed by atoms with Gasteiger partial charge in [0.2, 0.25) is 5.82 Å². The van der Waals surface area contributed by atoms with Gasteiger partial charge in [0.05, 0.1) is 18.8 Å². The molecular formula is C20H22FN7O2. The fourth-order valence-corrected chi connectivity index (χ4v) is 3.48. The number of pyridine rings is 1. The summed E-state index contributed by atoms with van der Waals surface area (Å²) in [5.74, 6) is -0.823. The summed E-state index contributed by atoms with van der Waals surface area (Å²) in [6, 6.07) is 2.95. The van der Waals surface area contributed by atoms with Crippen molar-refractivity contribution in [2.75, 3.05) is 6.61 Å². The molecule has 3 aromatic rings. The first-order chi connectivity index (χ1) is 14.6. The van der Waals surface area contributed by atoms with E-state index in [0.717, 1.165) is 17.7 Å². The van der Waals surface area contributed by atoms with Gasteiger partial charge in [-0.2, -0.15) is 0 Å². The molecule has 1 aliphatic rings. The summed E-state index contributed by atoms with van der Waals surface area (Å²) < 4.78 is 20.9. The predicted molar refractivity (Wildman–Crippen MR) is 105 cm³/mol. The lowest BCUT2D eigenvalue weighted by Gasteiger charge is -2.26. The maximum atomic E-state index is 14.3. The Bertz CT molecular complexity index is 1100. The van der Waals surface area contributed by atoms with Gasteiger partial charge in [0.1, 0.15) is 24.0 Å². The zero-order valence-corrected chi connectivity index (χ0v) is 16.7. The van der Waals surface area contributed by atoms with Crippen molar-refractivity contribution in [1.29, 1.82) is 0 Å². The standard InChI is InChI=1S/C20H22FN7O2/c1-3-6-13-15(24-12-28-17(13)25-26-19(28)20(29)30-4-2)11-27-10-9-23-18(27)16-14(21)7-5-8-22-16/h5,7-10,12,18,23H,3-4,6,11H2,1-2H3. The number of carbonyl (C=O) groups is 1. The maximum Gasteiger partial charge on any atom is 0.376 e. The number of hydrogen-bond acceptors (Lipinski definition) is 8. The predicted octanol–water partition coefficient (Wildman–Crippen LogP) is 2.36. The van der Waals surface area contributed by atoms with Crippen LogP contribution in [-0.4, -0.2) is 42.0 Å². The summed E-state index contributed by atoms with van der Waals surface area (Å²) in [5.41, 5.74) is 2.56. The minimum absolute atomic E-state index is 0.0967. The molecule has 0 aliphatic carbocycles. The third-order valence-electron chi connectivity index (χ3n) is 4.83. The zero-order chi connectivity index (χ0) is 21.1. The van der Waals surface area contributed by atoms with Gasteiger partial charge in [0.15, 0.2) is 5.65 Å². The van der Waals surface area contributed by atoms with Crippen LogP contribution in [0.2, 0.25) is 0 Å². The lowest BCUT2D eigenvalue weighted by molar-refractivity contribution is 0.0510. The van der Waals surface area contributed by atoms with Crippen molar-refractivity contribution in [3.05, 3.63) is 65.6 Å². The van der Waals surface area contributed by atoms with Crippen molar-refractivity contribution in [2.24, 2.45) is 0 Å². The van der Waals surface area contributed by atoms with E-state index in [1.807, 2.05) is 11.1 Å². The van der Waals surface area contributed by atoms with Crippen molar-refractivity contribution >= 4 is 11.6 Å². The number of aromatic nitrogens is 5. The number of carbonyl (C=O) groups excluding carboxylic acids is 1. The van der Waals surface area contributed by atoms with Crippen LogP contribution in [0.4, 0.5) is 4.39 Å². The van der Waals surface area contributed by atoms with Crippen LogP contribution in [0.1, 0.15) is 54.0 Å². The molecular weight excluding hydrogens is 389 g/mol. The Morgan fingerprint density at radius 2 is 2.17 bits per heavy atom. The number of nitrogens with zero attached hydrogens (tertiary/aromatic N) is 6. The smallest absolute Gasteiger partial charge is 0.376 e. The molecule has 0 aromatic carbocycles. The largest absolute Gasteiger partial charge is 0.460 e. The topological polar surface area (TPSA) is 97.5 Å². The third kappa shape index (κ3) is 3.56. The number of ether oxygens (including phenoxy) is 1. The first-order valence-electron chi connectivity index (χ1n) is 9.81. The molecule has 30 heavy (non-hydrogen) atoms. The van der Waals surface area contributed by atoms with Gasteiger partial charge in [-0.3, -0.25) is 9.38 Å². The number of nitrogens with one attached hydrogen (secondary N) is 1. The molecule has 3 aromatic heterocycles. The van der Waals surface area contributed by atoms with Crippen LogP contribution in [0.3, 0.4) is 0 Å². The van der Waals surface area contributed by atoms with Crippen LogP contribution in [0.5, 0.6) is 0 Å². The summed E-state index contributed by atoms with van der Waals surface area (Å²) in [5, 5.41) is 11.3. The van der Waals surface area contributed by atoms with Crippen LogP contribution in [0.15, 0.2) is 37.1 Å². The molecule has 0 fully saturated rings. The summed E-state index contributed by atoms with van der Waals surface area (Å²) in [7, 11) is 0. The Kier molecular flexibility index (Phi) is 5.55. The second kappa shape index (κ2) is 8.44. The van der Waals surface area contributed by atoms with E-state index in [4.69, 9.17) is 4.74 Å². The molecule has 0 bridgehead atoms. The van der Waals surface area contributed by atoms with Gasteiger partial charge in [-0.15, -0.1) is 10.2 Å². The van der Waals surface area contributed by atoms with Crippen molar-refractivity contribution in [2.45, 2.75) is 39.4 Å². The van der Waals surface area contributed by atoms with E-state index in [1.165, 1.54) is 12.4 Å². The molecule has 0 spiro atoms. The Morgan fingerprint density at radius 3 is 2.93 bits per heavy atom. The van der Waals surface area contributed by atoms with E-state index in [2.05, 4.69) is 32.4 Å². The molecule has 4 heterocycles. The average Bonchev–Trinajstić information content (AvgIpc) is 3.37. The molecule has 0 radical (unpaired) electrons. The second-order valence-electron chi connectivity index (χ2n) is 6.79. The number of rotatable bonds is 7. The van der Waals surface area contributed by atoms with Crippen LogP contribution < -0.4 is 5.32 Å². The number of hydrogen-bond donors (Lipinski definition) is 1. The lowest BCUT2D eigenvalue weighted by Crippen LogP contribution is -2.29. The highest BCUT2D eigenvalue weighted by Gasteiger charge is 2.27. The molecule has 1 atom stereocenters. The van der Waals surface area contributed by atoms with E-state index in [-0.39, 0.29) is 18.2 Å². The number of fused-ring (bicyclic) bond motifs is 1. The molecule has 156 valence electrons. The first-order valence-corrected chi connectivity index (χ1v) is 9.81. The second-order valence-corrected chi connectivity index (χ2v) is 6.79. The van der Waals surface area contributed by atoms with Gasteiger partial charge < -0.3 is 15.0 Å². The first kappa shape index (κ1) is 19.7. The van der Waals surface area contributed by atoms with Crippen LogP contribution in [0.25, 0.3) is 5.65 Å². The SMILES string of the molecule is CCCc1c(CN2C=CNC2c2ncccc2F)ncn2c(C(=O)OCC)nnc12. The molecule has 1 N–H and O–H groups in total. The summed E-state index contributed by atoms with van der Waals surface area (Å²) in [4.78, 5) is 22.8. The molecule has 9 nitrogen and oxygen atoms in total. The molecule has 4 rings (SSSR count). The Morgan fingerprint density at radius 1 is 1.30 bits per heavy atom. The third-order valence-corrected chi connectivity index (χ3v) is 4.83. The fourth-order valence-electron chi connectivity index (χ4n) is 3.48. The van der Waals surface area contributed by atoms with E-state index < -0.39 is 12.1 Å². The Balaban J connectivity index is 1.68. The number of aryl methyl sites for hydroxylation is 1. The summed E-state index contributed by atoms with van der Waals surface area (Å²) >= 11 is 0. The highest BCUT2D eigenvalue weighted by atomic mass is 19.1. The summed E-state index contributed by atoms with van der Waals surface area (Å²) in [6.07, 6.45) is 7.83. The van der Waals surface area contributed by atoms with E-state index in [9.17, 15) is 9.18 Å². The Labute approximate surface area is 172 Å². The van der Waals surface area contributed by atoms with Crippen LogP contribution in [-0.2, 0) is 17.7 Å². The molecule has 1 unspecified atom stereocenters. The monoisotopic (exact) mass is 411 g/mol. The van der Waals surface area contributed by atoms with Crippen LogP contribution in [0, 0.1) is 5.82 Å². The normalized spacial score (nSPS) is 15.6. The van der Waals surface area contributed by atoms with Crippen LogP contribution >= 0.6 is 0 Å². The van der Waals surface area contributed by atoms with Crippen molar-refractivity contribution < 1.29 is 13.9 Å². The van der Waals surface area contributed by atoms with Gasteiger partial charge in [-0.1, -0.05) is 13.3 Å². The van der Waals surface area contributed by atoms with Gasteiger partial charge in [-0.25, -0.2) is 14.2 Å². The van der Waals surface area contributed by atoms with Crippen molar-refractivity contribution in [1.82, 2.24) is 34.8 Å². The minimum Gasteiger partial charge on any atom is -0.460 e. The Hall–Kier alpha value is -3.56. The van der Waals surface area contributed by atoms with Crippen molar-refractivity contribution in [3.8, 4) is 0 Å².